The molecular formula is C13H19ClN6O2S. The van der Waals surface area contributed by atoms with Gasteiger partial charge < -0.3 is 4.98 Å². The molecule has 8 nitrogen and oxygen atoms in total. The first-order valence-corrected chi connectivity index (χ1v) is 9.03. The Kier molecular flexibility index (Phi) is 4.21. The molecule has 0 aromatic carbocycles. The van der Waals surface area contributed by atoms with Crippen molar-refractivity contribution in [3.63, 3.8) is 0 Å². The van der Waals surface area contributed by atoms with Crippen LogP contribution in [0.25, 0.3) is 0 Å². The van der Waals surface area contributed by atoms with Crippen molar-refractivity contribution in [1.82, 2.24) is 29.0 Å². The van der Waals surface area contributed by atoms with Gasteiger partial charge in [-0.3, -0.25) is 9.58 Å². The fourth-order valence-electron chi connectivity index (χ4n) is 2.85. The van der Waals surface area contributed by atoms with E-state index in [-0.39, 0.29) is 16.1 Å². The Labute approximate surface area is 140 Å². The summed E-state index contributed by atoms with van der Waals surface area (Å²) < 4.78 is 28.8. The number of aryl methyl sites for hydroxylation is 2. The Bertz CT molecular complexity index is 801. The minimum absolute atomic E-state index is 0.0874. The normalized spacial score (nSPS) is 21.0. The molecule has 1 aliphatic rings. The highest BCUT2D eigenvalue weighted by Gasteiger charge is 2.37. The van der Waals surface area contributed by atoms with Crippen LogP contribution in [0.5, 0.6) is 0 Å². The molecule has 3 rings (SSSR count). The number of rotatable bonds is 3. The molecular weight excluding hydrogens is 340 g/mol. The Morgan fingerprint density at radius 3 is 2.65 bits per heavy atom. The second-order valence-corrected chi connectivity index (χ2v) is 7.90. The van der Waals surface area contributed by atoms with Crippen LogP contribution in [0, 0.1) is 6.92 Å². The molecule has 10 heteroatoms. The summed E-state index contributed by atoms with van der Waals surface area (Å²) in [5.74, 6) is 0.751. The van der Waals surface area contributed by atoms with Crippen LogP contribution in [-0.2, 0) is 17.1 Å². The topological polar surface area (TPSA) is 87.1 Å². The van der Waals surface area contributed by atoms with Crippen LogP contribution in [0.3, 0.4) is 0 Å². The number of nitrogens with one attached hydrogen (secondary N) is 1. The van der Waals surface area contributed by atoms with Gasteiger partial charge in [-0.05, 0) is 14.0 Å². The first-order chi connectivity index (χ1) is 10.8. The van der Waals surface area contributed by atoms with Gasteiger partial charge in [0.15, 0.2) is 0 Å². The molecule has 2 aromatic rings. The lowest BCUT2D eigenvalue weighted by Gasteiger charge is -2.37. The van der Waals surface area contributed by atoms with Crippen molar-refractivity contribution in [2.75, 3.05) is 26.7 Å². The molecule has 0 saturated carbocycles. The van der Waals surface area contributed by atoms with Gasteiger partial charge in [-0.15, -0.1) is 0 Å². The predicted molar refractivity (Wildman–Crippen MR) is 85.7 cm³/mol. The zero-order valence-corrected chi connectivity index (χ0v) is 14.8. The number of aromatic amines is 1. The largest absolute Gasteiger partial charge is 0.347 e. The number of nitrogens with zero attached hydrogens (tertiary/aromatic N) is 5. The van der Waals surface area contributed by atoms with E-state index in [2.05, 4.69) is 20.0 Å². The van der Waals surface area contributed by atoms with Crippen molar-refractivity contribution in [2.45, 2.75) is 17.9 Å². The molecule has 2 aromatic heterocycles. The first-order valence-electron chi connectivity index (χ1n) is 7.21. The molecule has 0 aliphatic carbocycles. The molecule has 0 bridgehead atoms. The molecule has 1 atom stereocenters. The zero-order valence-electron chi connectivity index (χ0n) is 13.2. The molecule has 1 saturated heterocycles. The third kappa shape index (κ3) is 2.78. The summed E-state index contributed by atoms with van der Waals surface area (Å²) in [5, 5.41) is 4.24. The van der Waals surface area contributed by atoms with E-state index in [0.717, 1.165) is 5.82 Å². The van der Waals surface area contributed by atoms with Gasteiger partial charge in [0.05, 0.1) is 11.7 Å². The van der Waals surface area contributed by atoms with E-state index in [1.807, 2.05) is 7.05 Å². The molecule has 3 heterocycles. The minimum atomic E-state index is -3.70. The number of sulfonamides is 1. The van der Waals surface area contributed by atoms with Crippen LogP contribution < -0.4 is 0 Å². The van der Waals surface area contributed by atoms with Crippen molar-refractivity contribution in [1.29, 1.82) is 0 Å². The fraction of sp³-hybridized carbons (Fsp3) is 0.538. The molecule has 1 aliphatic heterocycles. The summed E-state index contributed by atoms with van der Waals surface area (Å²) in [6, 6.07) is -0.121. The minimum Gasteiger partial charge on any atom is -0.347 e. The summed E-state index contributed by atoms with van der Waals surface area (Å²) in [5.41, 5.74) is 0.408. The SMILES string of the molecule is Cc1nn(C)c(Cl)c1S(=O)(=O)N1CCN(C)[C@@H](c2ncc[nH]2)C1. The summed E-state index contributed by atoms with van der Waals surface area (Å²) in [7, 11) is -0.113. The maximum atomic E-state index is 13.0. The van der Waals surface area contributed by atoms with Crippen LogP contribution in [0.1, 0.15) is 17.6 Å². The first kappa shape index (κ1) is 16.4. The van der Waals surface area contributed by atoms with E-state index in [1.165, 1.54) is 8.99 Å². The number of H-pyrrole nitrogens is 1. The average Bonchev–Trinajstić information content (AvgIpc) is 3.08. The molecule has 1 fully saturated rings. The van der Waals surface area contributed by atoms with Crippen molar-refractivity contribution < 1.29 is 8.42 Å². The third-order valence-corrected chi connectivity index (χ3v) is 6.71. The molecule has 23 heavy (non-hydrogen) atoms. The summed E-state index contributed by atoms with van der Waals surface area (Å²) in [6.07, 6.45) is 3.40. The van der Waals surface area contributed by atoms with Crippen LogP contribution in [0.2, 0.25) is 5.15 Å². The number of likely N-dealkylation sites (N-methyl/N-ethyl adjacent to an activating group) is 1. The standard InChI is InChI=1S/C13H19ClN6O2S/c1-9-11(12(14)19(3)17-9)23(21,22)20-7-6-18(2)10(8-20)13-15-4-5-16-13/h4-5,10H,6-8H2,1-3H3,(H,15,16)/t10-/m1/s1. The van der Waals surface area contributed by atoms with E-state index in [9.17, 15) is 8.42 Å². The number of halogens is 1. The van der Waals surface area contributed by atoms with E-state index >= 15 is 0 Å². The average molecular weight is 359 g/mol. The molecule has 1 N–H and O–H groups in total. The van der Waals surface area contributed by atoms with Crippen LogP contribution in [0.4, 0.5) is 0 Å². The Balaban J connectivity index is 1.94. The van der Waals surface area contributed by atoms with Crippen LogP contribution in [-0.4, -0.2) is 64.1 Å². The van der Waals surface area contributed by atoms with E-state index in [0.29, 0.717) is 25.3 Å². The predicted octanol–water partition coefficient (Wildman–Crippen LogP) is 0.782. The molecule has 0 radical (unpaired) electrons. The van der Waals surface area contributed by atoms with Crippen molar-refractivity contribution >= 4 is 21.6 Å². The quantitative estimate of drug-likeness (QED) is 0.876. The summed E-state index contributed by atoms with van der Waals surface area (Å²) in [6.45, 7) is 2.98. The highest BCUT2D eigenvalue weighted by Crippen LogP contribution is 2.31. The van der Waals surface area contributed by atoms with Crippen LogP contribution in [0.15, 0.2) is 17.3 Å². The lowest BCUT2D eigenvalue weighted by atomic mass is 10.2. The van der Waals surface area contributed by atoms with Crippen molar-refractivity contribution in [3.8, 4) is 0 Å². The number of hydrogen-bond donors (Lipinski definition) is 1. The Morgan fingerprint density at radius 2 is 2.09 bits per heavy atom. The summed E-state index contributed by atoms with van der Waals surface area (Å²) >= 11 is 6.15. The highest BCUT2D eigenvalue weighted by atomic mass is 35.5. The van der Waals surface area contributed by atoms with Gasteiger partial charge in [-0.2, -0.15) is 9.40 Å². The maximum absolute atomic E-state index is 13.0. The van der Waals surface area contributed by atoms with Gasteiger partial charge >= 0.3 is 0 Å². The Morgan fingerprint density at radius 1 is 1.35 bits per heavy atom. The van der Waals surface area contributed by atoms with Gasteiger partial charge in [-0.1, -0.05) is 11.6 Å². The molecule has 126 valence electrons. The van der Waals surface area contributed by atoms with Crippen molar-refractivity contribution in [2.24, 2.45) is 7.05 Å². The third-order valence-electron chi connectivity index (χ3n) is 4.14. The lowest BCUT2D eigenvalue weighted by molar-refractivity contribution is 0.142. The molecule has 0 unspecified atom stereocenters. The smallest absolute Gasteiger partial charge is 0.248 e. The maximum Gasteiger partial charge on any atom is 0.248 e. The van der Waals surface area contributed by atoms with Gasteiger partial charge in [0.25, 0.3) is 0 Å². The van der Waals surface area contributed by atoms with Gasteiger partial charge in [0.1, 0.15) is 15.9 Å². The molecule has 0 spiro atoms. The second kappa shape index (κ2) is 5.90. The van der Waals surface area contributed by atoms with Gasteiger partial charge in [-0.25, -0.2) is 13.4 Å². The fourth-order valence-corrected chi connectivity index (χ4v) is 5.00. The number of hydrogen-bond acceptors (Lipinski definition) is 5. The highest BCUT2D eigenvalue weighted by molar-refractivity contribution is 7.89. The van der Waals surface area contributed by atoms with E-state index in [1.54, 1.807) is 26.4 Å². The second-order valence-electron chi connectivity index (χ2n) is 5.66. The number of piperazine rings is 1. The zero-order chi connectivity index (χ0) is 16.8. The molecule has 0 amide bonds. The number of imidazole rings is 1. The van der Waals surface area contributed by atoms with Crippen molar-refractivity contribution in [3.05, 3.63) is 29.1 Å². The van der Waals surface area contributed by atoms with E-state index < -0.39 is 10.0 Å². The summed E-state index contributed by atoms with van der Waals surface area (Å²) in [4.78, 5) is 9.49. The van der Waals surface area contributed by atoms with Gasteiger partial charge in [0, 0.05) is 39.1 Å². The van der Waals surface area contributed by atoms with E-state index in [4.69, 9.17) is 11.6 Å². The monoisotopic (exact) mass is 358 g/mol. The number of aromatic nitrogens is 4. The Hall–Kier alpha value is -1.42. The van der Waals surface area contributed by atoms with Crippen LogP contribution >= 0.6 is 11.6 Å². The van der Waals surface area contributed by atoms with Gasteiger partial charge in [0.2, 0.25) is 10.0 Å². The lowest BCUT2D eigenvalue weighted by Crippen LogP contribution is -2.49.